The van der Waals surface area contributed by atoms with Gasteiger partial charge in [0.15, 0.2) is 17.5 Å². The second-order valence-corrected chi connectivity index (χ2v) is 13.5. The molecular weight excluding hydrogens is 631 g/mol. The summed E-state index contributed by atoms with van der Waals surface area (Å²) in [5, 5.41) is 4.70. The highest BCUT2D eigenvalue weighted by Gasteiger charge is 2.18. The summed E-state index contributed by atoms with van der Waals surface area (Å²) in [7, 11) is 0. The summed E-state index contributed by atoms with van der Waals surface area (Å²) < 4.78 is 8.86. The molecule has 0 aliphatic carbocycles. The van der Waals surface area contributed by atoms with E-state index in [2.05, 4.69) is 91.0 Å². The zero-order chi connectivity index (χ0) is 33.0. The summed E-state index contributed by atoms with van der Waals surface area (Å²) in [6.07, 6.45) is 0. The number of hydrogen-bond acceptors (Lipinski definition) is 5. The summed E-state index contributed by atoms with van der Waals surface area (Å²) in [6, 6.07) is 56.9. The molecule has 0 unspecified atom stereocenters. The van der Waals surface area contributed by atoms with Gasteiger partial charge in [0.2, 0.25) is 0 Å². The van der Waals surface area contributed by atoms with Crippen molar-refractivity contribution < 1.29 is 4.42 Å². The fourth-order valence-corrected chi connectivity index (χ4v) is 8.03. The van der Waals surface area contributed by atoms with Gasteiger partial charge in [-0.15, -0.1) is 11.3 Å². The lowest BCUT2D eigenvalue weighted by Gasteiger charge is -2.09. The minimum Gasteiger partial charge on any atom is -0.456 e. The molecule has 0 fully saturated rings. The molecule has 0 radical (unpaired) electrons. The Labute approximate surface area is 292 Å². The molecule has 234 valence electrons. The molecule has 0 saturated heterocycles. The molecule has 4 nitrogen and oxygen atoms in total. The first kappa shape index (κ1) is 28.6. The van der Waals surface area contributed by atoms with E-state index in [1.54, 1.807) is 11.3 Å². The highest BCUT2D eigenvalue weighted by Crippen LogP contribution is 2.43. The Morgan fingerprint density at radius 2 is 0.960 bits per heavy atom. The van der Waals surface area contributed by atoms with E-state index in [0.717, 1.165) is 60.9 Å². The fraction of sp³-hybridized carbons (Fsp3) is 0. The van der Waals surface area contributed by atoms with Gasteiger partial charge in [0.1, 0.15) is 11.2 Å². The van der Waals surface area contributed by atoms with Crippen LogP contribution in [-0.4, -0.2) is 15.0 Å². The van der Waals surface area contributed by atoms with Crippen LogP contribution in [0.1, 0.15) is 0 Å². The molecule has 5 heteroatoms. The quantitative estimate of drug-likeness (QED) is 0.185. The van der Waals surface area contributed by atoms with Crippen molar-refractivity contribution in [3.8, 4) is 56.4 Å². The topological polar surface area (TPSA) is 51.8 Å². The van der Waals surface area contributed by atoms with Crippen molar-refractivity contribution in [2.75, 3.05) is 0 Å². The molecule has 3 heterocycles. The van der Waals surface area contributed by atoms with Crippen LogP contribution in [0.15, 0.2) is 168 Å². The molecule has 3 aromatic heterocycles. The third kappa shape index (κ3) is 4.87. The van der Waals surface area contributed by atoms with E-state index in [0.29, 0.717) is 17.5 Å². The van der Waals surface area contributed by atoms with Crippen LogP contribution < -0.4 is 0 Å². The number of aromatic nitrogens is 3. The summed E-state index contributed by atoms with van der Waals surface area (Å²) in [4.78, 5) is 14.8. The zero-order valence-electron chi connectivity index (χ0n) is 26.7. The van der Waals surface area contributed by atoms with E-state index in [4.69, 9.17) is 19.4 Å². The molecule has 0 aliphatic rings. The van der Waals surface area contributed by atoms with Crippen LogP contribution in [0, 0.1) is 0 Å². The number of fused-ring (bicyclic) bond motifs is 6. The van der Waals surface area contributed by atoms with Crippen molar-refractivity contribution in [3.63, 3.8) is 0 Å². The summed E-state index contributed by atoms with van der Waals surface area (Å²) in [6.45, 7) is 0. The minimum absolute atomic E-state index is 0.657. The normalized spacial score (nSPS) is 11.6. The van der Waals surface area contributed by atoms with E-state index >= 15 is 0 Å². The molecule has 0 aliphatic heterocycles. The summed E-state index contributed by atoms with van der Waals surface area (Å²) >= 11 is 1.79. The molecule has 10 rings (SSSR count). The highest BCUT2D eigenvalue weighted by molar-refractivity contribution is 7.25. The van der Waals surface area contributed by atoms with Gasteiger partial charge in [-0.25, -0.2) is 15.0 Å². The number of nitrogens with zero attached hydrogens (tertiary/aromatic N) is 3. The molecular formula is C45H27N3OS. The van der Waals surface area contributed by atoms with E-state index in [1.807, 2.05) is 72.8 Å². The van der Waals surface area contributed by atoms with Crippen molar-refractivity contribution in [2.45, 2.75) is 0 Å². The Balaban J connectivity index is 1.13. The molecule has 0 saturated carbocycles. The first-order chi connectivity index (χ1) is 24.7. The van der Waals surface area contributed by atoms with Crippen molar-refractivity contribution in [3.05, 3.63) is 164 Å². The number of furan rings is 1. The lowest BCUT2D eigenvalue weighted by Crippen LogP contribution is -1.99. The van der Waals surface area contributed by atoms with Crippen molar-refractivity contribution in [2.24, 2.45) is 0 Å². The number of benzene rings is 7. The first-order valence-corrected chi connectivity index (χ1v) is 17.4. The summed E-state index contributed by atoms with van der Waals surface area (Å²) in [5.41, 5.74) is 9.29. The Hall–Kier alpha value is -6.43. The minimum atomic E-state index is 0.657. The van der Waals surface area contributed by atoms with Gasteiger partial charge in [-0.05, 0) is 58.7 Å². The van der Waals surface area contributed by atoms with Gasteiger partial charge in [-0.1, -0.05) is 127 Å². The van der Waals surface area contributed by atoms with Gasteiger partial charge in [0.05, 0.1) is 0 Å². The van der Waals surface area contributed by atoms with Crippen molar-refractivity contribution in [1.82, 2.24) is 15.0 Å². The predicted octanol–water partition coefficient (Wildman–Crippen LogP) is 12.5. The van der Waals surface area contributed by atoms with Gasteiger partial charge in [0, 0.05) is 47.6 Å². The average Bonchev–Trinajstić information content (AvgIpc) is 3.76. The largest absolute Gasteiger partial charge is 0.456 e. The highest BCUT2D eigenvalue weighted by atomic mass is 32.1. The maximum atomic E-state index is 6.43. The van der Waals surface area contributed by atoms with E-state index in [-0.39, 0.29) is 0 Å². The Morgan fingerprint density at radius 1 is 0.360 bits per heavy atom. The van der Waals surface area contributed by atoms with Crippen LogP contribution in [0.5, 0.6) is 0 Å². The lowest BCUT2D eigenvalue weighted by molar-refractivity contribution is 0.669. The van der Waals surface area contributed by atoms with E-state index in [9.17, 15) is 0 Å². The maximum absolute atomic E-state index is 6.43. The van der Waals surface area contributed by atoms with Crippen LogP contribution in [0.3, 0.4) is 0 Å². The lowest BCUT2D eigenvalue weighted by atomic mass is 9.93. The smallest absolute Gasteiger partial charge is 0.164 e. The van der Waals surface area contributed by atoms with Crippen LogP contribution in [-0.2, 0) is 0 Å². The predicted molar refractivity (Wildman–Crippen MR) is 207 cm³/mol. The zero-order valence-corrected chi connectivity index (χ0v) is 27.6. The molecule has 0 bridgehead atoms. The van der Waals surface area contributed by atoms with Gasteiger partial charge < -0.3 is 4.42 Å². The van der Waals surface area contributed by atoms with Gasteiger partial charge in [-0.3, -0.25) is 0 Å². The van der Waals surface area contributed by atoms with Gasteiger partial charge >= 0.3 is 0 Å². The molecule has 0 spiro atoms. The fourth-order valence-electron chi connectivity index (χ4n) is 6.90. The van der Waals surface area contributed by atoms with Gasteiger partial charge in [0.25, 0.3) is 0 Å². The molecule has 0 atom stereocenters. The number of para-hydroxylation sites is 1. The average molecular weight is 658 g/mol. The van der Waals surface area contributed by atoms with E-state index in [1.165, 1.54) is 20.2 Å². The Morgan fingerprint density at radius 3 is 1.66 bits per heavy atom. The molecule has 0 N–H and O–H groups in total. The van der Waals surface area contributed by atoms with Gasteiger partial charge in [-0.2, -0.15) is 0 Å². The standard InChI is InChI=1S/C45H27N3OS/c1-4-12-28(13-5-1)33-25-36(42-35-18-10-11-19-38(35)49-39(42)26-33)31-21-23-40-37(24-31)34-22-20-32(27-41(34)50-40)45-47-43(29-14-6-2-7-15-29)46-44(48-45)30-16-8-3-9-17-30/h1-27H. The second-order valence-electron chi connectivity index (χ2n) is 12.4. The van der Waals surface area contributed by atoms with E-state index < -0.39 is 0 Å². The summed E-state index contributed by atoms with van der Waals surface area (Å²) in [5.74, 6) is 1.97. The van der Waals surface area contributed by atoms with Crippen LogP contribution >= 0.6 is 11.3 Å². The molecule has 10 aromatic rings. The van der Waals surface area contributed by atoms with Crippen LogP contribution in [0.4, 0.5) is 0 Å². The maximum Gasteiger partial charge on any atom is 0.164 e. The Bertz CT molecular complexity index is 2800. The number of hydrogen-bond donors (Lipinski definition) is 0. The third-order valence-corrected chi connectivity index (χ3v) is 10.5. The molecule has 7 aromatic carbocycles. The van der Waals surface area contributed by atoms with Crippen molar-refractivity contribution >= 4 is 53.4 Å². The molecule has 50 heavy (non-hydrogen) atoms. The third-order valence-electron chi connectivity index (χ3n) is 9.33. The van der Waals surface area contributed by atoms with Crippen molar-refractivity contribution in [1.29, 1.82) is 0 Å². The number of rotatable bonds is 5. The van der Waals surface area contributed by atoms with Crippen LogP contribution in [0.2, 0.25) is 0 Å². The first-order valence-electron chi connectivity index (χ1n) is 16.6. The number of thiophene rings is 1. The SMILES string of the molecule is c1ccc(-c2cc(-c3ccc4sc5cc(-c6nc(-c7ccccc7)nc(-c7ccccc7)n6)ccc5c4c3)c3c(c2)oc2ccccc23)cc1. The monoisotopic (exact) mass is 657 g/mol. The Kier molecular flexibility index (Phi) is 6.64. The molecule has 0 amide bonds. The van der Waals surface area contributed by atoms with Crippen LogP contribution in [0.25, 0.3) is 98.5 Å². The second kappa shape index (κ2) is 11.6.